The van der Waals surface area contributed by atoms with E-state index in [4.69, 9.17) is 0 Å². The number of aromatic nitrogens is 2. The zero-order valence-corrected chi connectivity index (χ0v) is 14.5. The molecule has 0 spiro atoms. The Balaban J connectivity index is 1.80. The molecule has 1 saturated heterocycles. The van der Waals surface area contributed by atoms with Gasteiger partial charge < -0.3 is 10.2 Å². The molecule has 1 fully saturated rings. The van der Waals surface area contributed by atoms with Crippen molar-refractivity contribution in [2.45, 2.75) is 39.3 Å². The average molecular weight is 338 g/mol. The molecule has 0 unspecified atom stereocenters. The van der Waals surface area contributed by atoms with Crippen molar-refractivity contribution in [3.05, 3.63) is 59.2 Å². The highest BCUT2D eigenvalue weighted by Crippen LogP contribution is 2.32. The van der Waals surface area contributed by atoms with Crippen LogP contribution in [0.15, 0.2) is 36.5 Å². The molecule has 1 N–H and O–H groups in total. The predicted molar refractivity (Wildman–Crippen MR) is 93.7 cm³/mol. The number of carbonyl (C=O) groups excluding carboxylic acids is 2. The summed E-state index contributed by atoms with van der Waals surface area (Å²) < 4.78 is 0. The van der Waals surface area contributed by atoms with Crippen molar-refractivity contribution in [2.75, 3.05) is 6.54 Å². The molecule has 2 aromatic rings. The summed E-state index contributed by atoms with van der Waals surface area (Å²) >= 11 is 0. The number of aryl methyl sites for hydroxylation is 1. The number of rotatable bonds is 4. The lowest BCUT2D eigenvalue weighted by atomic mass is 10.1. The van der Waals surface area contributed by atoms with Gasteiger partial charge in [-0.1, -0.05) is 18.2 Å². The van der Waals surface area contributed by atoms with Gasteiger partial charge in [0.15, 0.2) is 0 Å². The Hall–Kier alpha value is -2.76. The third kappa shape index (κ3) is 3.84. The minimum Gasteiger partial charge on any atom is -0.348 e. The molecule has 3 rings (SSSR count). The largest absolute Gasteiger partial charge is 0.348 e. The third-order valence-electron chi connectivity index (χ3n) is 4.47. The fourth-order valence-electron chi connectivity index (χ4n) is 3.23. The van der Waals surface area contributed by atoms with Gasteiger partial charge in [0.1, 0.15) is 5.82 Å². The van der Waals surface area contributed by atoms with E-state index >= 15 is 0 Å². The Kier molecular flexibility index (Phi) is 5.07. The molecule has 0 bridgehead atoms. The molecule has 1 aromatic carbocycles. The number of hydrogen-bond acceptors (Lipinski definition) is 4. The summed E-state index contributed by atoms with van der Waals surface area (Å²) in [6.45, 7) is 4.51. The highest BCUT2D eigenvalue weighted by atomic mass is 16.2. The molecule has 0 aliphatic carbocycles. The van der Waals surface area contributed by atoms with Crippen LogP contribution in [0.25, 0.3) is 0 Å². The summed E-state index contributed by atoms with van der Waals surface area (Å²) in [5.41, 5.74) is 2.31. The molecule has 2 heterocycles. The van der Waals surface area contributed by atoms with Crippen LogP contribution in [0.3, 0.4) is 0 Å². The van der Waals surface area contributed by atoms with Gasteiger partial charge >= 0.3 is 0 Å². The van der Waals surface area contributed by atoms with Gasteiger partial charge in [-0.25, -0.2) is 9.97 Å². The monoisotopic (exact) mass is 338 g/mol. The molecule has 130 valence electrons. The van der Waals surface area contributed by atoms with Crippen LogP contribution >= 0.6 is 0 Å². The van der Waals surface area contributed by atoms with E-state index < -0.39 is 0 Å². The molecule has 0 radical (unpaired) electrons. The van der Waals surface area contributed by atoms with Crippen LogP contribution < -0.4 is 5.32 Å². The Bertz CT molecular complexity index is 776. The van der Waals surface area contributed by atoms with Gasteiger partial charge in [-0.2, -0.15) is 0 Å². The summed E-state index contributed by atoms with van der Waals surface area (Å²) in [6.07, 6.45) is 3.60. The number of carbonyl (C=O) groups is 2. The second-order valence-corrected chi connectivity index (χ2v) is 6.25. The van der Waals surface area contributed by atoms with Crippen molar-refractivity contribution in [3.8, 4) is 0 Å². The van der Waals surface area contributed by atoms with Gasteiger partial charge in [-0.15, -0.1) is 0 Å². The molecule has 0 saturated carbocycles. The fraction of sp³-hybridized carbons (Fsp3) is 0.368. The first kappa shape index (κ1) is 17.1. The van der Waals surface area contributed by atoms with Crippen LogP contribution in [0.4, 0.5) is 0 Å². The van der Waals surface area contributed by atoms with Crippen LogP contribution in [-0.4, -0.2) is 33.2 Å². The lowest BCUT2D eigenvalue weighted by molar-refractivity contribution is -0.129. The zero-order chi connectivity index (χ0) is 17.8. The maximum atomic E-state index is 12.3. The van der Waals surface area contributed by atoms with Gasteiger partial charge in [0.25, 0.3) is 5.91 Å². The highest BCUT2D eigenvalue weighted by molar-refractivity contribution is 5.94. The second kappa shape index (κ2) is 7.42. The minimum absolute atomic E-state index is 0.0390. The Morgan fingerprint density at radius 3 is 2.76 bits per heavy atom. The quantitative estimate of drug-likeness (QED) is 0.929. The normalized spacial score (nSPS) is 16.7. The molecule has 1 aliphatic heterocycles. The summed E-state index contributed by atoms with van der Waals surface area (Å²) in [7, 11) is 0. The number of nitrogens with one attached hydrogen (secondary N) is 1. The predicted octanol–water partition coefficient (Wildman–Crippen LogP) is 2.40. The van der Waals surface area contributed by atoms with Crippen molar-refractivity contribution >= 4 is 11.8 Å². The molecule has 2 amide bonds. The lowest BCUT2D eigenvalue weighted by Gasteiger charge is -2.25. The molecule has 6 nitrogen and oxygen atoms in total. The molecule has 1 atom stereocenters. The molecule has 6 heteroatoms. The van der Waals surface area contributed by atoms with Gasteiger partial charge in [0.05, 0.1) is 11.7 Å². The Morgan fingerprint density at radius 2 is 2.04 bits per heavy atom. The molecular formula is C19H22N4O2. The smallest absolute Gasteiger partial charge is 0.251 e. The van der Waals surface area contributed by atoms with Gasteiger partial charge in [0, 0.05) is 37.3 Å². The SMILES string of the molecule is CC(=O)N1CCC[C@H]1c1nc(C)ncc1CNC(=O)c1ccccc1. The molecular weight excluding hydrogens is 316 g/mol. The van der Waals surface area contributed by atoms with Gasteiger partial charge in [0.2, 0.25) is 5.91 Å². The molecule has 1 aromatic heterocycles. The maximum absolute atomic E-state index is 12.3. The lowest BCUT2D eigenvalue weighted by Crippen LogP contribution is -2.30. The summed E-state index contributed by atoms with van der Waals surface area (Å²) in [5.74, 6) is 0.587. The first-order chi connectivity index (χ1) is 12.1. The zero-order valence-electron chi connectivity index (χ0n) is 14.5. The topological polar surface area (TPSA) is 75.2 Å². The van der Waals surface area contributed by atoms with E-state index in [1.807, 2.05) is 30.0 Å². The van der Waals surface area contributed by atoms with Crippen LogP contribution in [0.1, 0.15) is 53.2 Å². The van der Waals surface area contributed by atoms with E-state index in [1.165, 1.54) is 0 Å². The van der Waals surface area contributed by atoms with Crippen molar-refractivity contribution in [1.29, 1.82) is 0 Å². The van der Waals surface area contributed by atoms with Crippen LogP contribution in [0.2, 0.25) is 0 Å². The molecule has 1 aliphatic rings. The minimum atomic E-state index is -0.137. The van der Waals surface area contributed by atoms with Crippen LogP contribution in [-0.2, 0) is 11.3 Å². The van der Waals surface area contributed by atoms with Crippen LogP contribution in [0.5, 0.6) is 0 Å². The highest BCUT2D eigenvalue weighted by Gasteiger charge is 2.31. The maximum Gasteiger partial charge on any atom is 0.251 e. The van der Waals surface area contributed by atoms with Crippen LogP contribution in [0, 0.1) is 6.92 Å². The van der Waals surface area contributed by atoms with E-state index in [2.05, 4.69) is 15.3 Å². The first-order valence-electron chi connectivity index (χ1n) is 8.49. The van der Waals surface area contributed by atoms with Crippen molar-refractivity contribution in [1.82, 2.24) is 20.2 Å². The summed E-state index contributed by atoms with van der Waals surface area (Å²) in [5, 5.41) is 2.92. The van der Waals surface area contributed by atoms with E-state index in [-0.39, 0.29) is 17.9 Å². The number of benzene rings is 1. The summed E-state index contributed by atoms with van der Waals surface area (Å²) in [6, 6.07) is 9.05. The van der Waals surface area contributed by atoms with Crippen molar-refractivity contribution < 1.29 is 9.59 Å². The summed E-state index contributed by atoms with van der Waals surface area (Å²) in [4.78, 5) is 34.9. The number of nitrogens with zero attached hydrogens (tertiary/aromatic N) is 3. The third-order valence-corrected chi connectivity index (χ3v) is 4.47. The van der Waals surface area contributed by atoms with Gasteiger partial charge in [-0.3, -0.25) is 9.59 Å². The number of hydrogen-bond donors (Lipinski definition) is 1. The second-order valence-electron chi connectivity index (χ2n) is 6.25. The Labute approximate surface area is 147 Å². The number of likely N-dealkylation sites (tertiary alicyclic amines) is 1. The standard InChI is InChI=1S/C19H22N4O2/c1-13-20-11-16(12-21-19(25)15-7-4-3-5-8-15)18(22-13)17-9-6-10-23(17)14(2)24/h3-5,7-8,11,17H,6,9-10,12H2,1-2H3,(H,21,25)/t17-/m0/s1. The first-order valence-corrected chi connectivity index (χ1v) is 8.49. The van der Waals surface area contributed by atoms with E-state index in [9.17, 15) is 9.59 Å². The van der Waals surface area contributed by atoms with Crippen molar-refractivity contribution in [3.63, 3.8) is 0 Å². The fourth-order valence-corrected chi connectivity index (χ4v) is 3.23. The average Bonchev–Trinajstić information content (AvgIpc) is 3.11. The number of amides is 2. The van der Waals surface area contributed by atoms with E-state index in [1.54, 1.807) is 25.3 Å². The molecule has 25 heavy (non-hydrogen) atoms. The van der Waals surface area contributed by atoms with E-state index in [0.29, 0.717) is 17.9 Å². The van der Waals surface area contributed by atoms with E-state index in [0.717, 1.165) is 30.6 Å². The van der Waals surface area contributed by atoms with Crippen molar-refractivity contribution in [2.24, 2.45) is 0 Å². The Morgan fingerprint density at radius 1 is 1.28 bits per heavy atom. The van der Waals surface area contributed by atoms with Gasteiger partial charge in [-0.05, 0) is 31.9 Å².